The zero-order chi connectivity index (χ0) is 9.42. The number of nitrogens with zero attached hydrogens (tertiary/aromatic N) is 1. The van der Waals surface area contributed by atoms with Gasteiger partial charge in [-0.1, -0.05) is 0 Å². The number of aromatic nitrogens is 2. The molecule has 5 nitrogen and oxygen atoms in total. The molecule has 0 aliphatic carbocycles. The second kappa shape index (κ2) is 2.48. The summed E-state index contributed by atoms with van der Waals surface area (Å²) in [7, 11) is 0. The van der Waals surface area contributed by atoms with Crippen molar-refractivity contribution in [2.24, 2.45) is 0 Å². The molecule has 0 amide bonds. The monoisotopic (exact) mass is 178 g/mol. The third kappa shape index (κ3) is 1.20. The molecule has 2 N–H and O–H groups in total. The Morgan fingerprint density at radius 3 is 2.92 bits per heavy atom. The van der Waals surface area contributed by atoms with Gasteiger partial charge in [-0.3, -0.25) is 14.4 Å². The zero-order valence-electron chi connectivity index (χ0n) is 6.52. The molecule has 0 aliphatic heterocycles. The Balaban J connectivity index is 2.75. The highest BCUT2D eigenvalue weighted by atomic mass is 16.4. The average Bonchev–Trinajstić information content (AvgIpc) is 2.46. The second-order valence-corrected chi connectivity index (χ2v) is 2.63. The van der Waals surface area contributed by atoms with Crippen molar-refractivity contribution >= 4 is 11.5 Å². The first kappa shape index (κ1) is 7.60. The number of carboxylic acids is 1. The Morgan fingerprint density at radius 1 is 1.46 bits per heavy atom. The Hall–Kier alpha value is -2.04. The van der Waals surface area contributed by atoms with E-state index in [0.29, 0.717) is 5.52 Å². The van der Waals surface area contributed by atoms with E-state index in [-0.39, 0.29) is 11.1 Å². The minimum atomic E-state index is -1.05. The fourth-order valence-electron chi connectivity index (χ4n) is 1.13. The second-order valence-electron chi connectivity index (χ2n) is 2.63. The van der Waals surface area contributed by atoms with Gasteiger partial charge in [0.15, 0.2) is 5.43 Å². The van der Waals surface area contributed by atoms with Crippen molar-refractivity contribution < 1.29 is 9.90 Å². The first-order valence-corrected chi connectivity index (χ1v) is 3.61. The lowest BCUT2D eigenvalue weighted by Crippen LogP contribution is -1.99. The summed E-state index contributed by atoms with van der Waals surface area (Å²) >= 11 is 0. The smallest absolute Gasteiger partial charge is 0.353 e. The lowest BCUT2D eigenvalue weighted by molar-refractivity contribution is 0.0690. The molecule has 0 saturated heterocycles. The summed E-state index contributed by atoms with van der Waals surface area (Å²) in [6.07, 6.45) is 1.49. The van der Waals surface area contributed by atoms with E-state index in [1.54, 1.807) is 0 Å². The summed E-state index contributed by atoms with van der Waals surface area (Å²) in [4.78, 5) is 21.4. The number of pyridine rings is 1. The van der Waals surface area contributed by atoms with Gasteiger partial charge in [0.1, 0.15) is 5.69 Å². The molecule has 0 fully saturated rings. The highest BCUT2D eigenvalue weighted by Gasteiger charge is 2.05. The van der Waals surface area contributed by atoms with E-state index >= 15 is 0 Å². The Morgan fingerprint density at radius 2 is 2.23 bits per heavy atom. The number of hydrogen-bond donors (Lipinski definition) is 2. The molecule has 2 rings (SSSR count). The first-order valence-electron chi connectivity index (χ1n) is 3.61. The van der Waals surface area contributed by atoms with Crippen LogP contribution < -0.4 is 5.43 Å². The Kier molecular flexibility index (Phi) is 1.45. The normalized spacial score (nSPS) is 10.5. The van der Waals surface area contributed by atoms with Gasteiger partial charge in [0.2, 0.25) is 0 Å². The maximum absolute atomic E-state index is 10.9. The Labute approximate surface area is 72.2 Å². The van der Waals surface area contributed by atoms with Crippen LogP contribution in [0.25, 0.3) is 5.52 Å². The fourth-order valence-corrected chi connectivity index (χ4v) is 1.13. The molecule has 13 heavy (non-hydrogen) atoms. The van der Waals surface area contributed by atoms with E-state index in [0.717, 1.165) is 0 Å². The van der Waals surface area contributed by atoms with E-state index in [9.17, 15) is 9.59 Å². The summed E-state index contributed by atoms with van der Waals surface area (Å²) in [6.45, 7) is 0. The number of hydrogen-bond acceptors (Lipinski definition) is 2. The van der Waals surface area contributed by atoms with Gasteiger partial charge in [-0.05, 0) is 6.07 Å². The standard InChI is InChI=1S/C8H6N2O3/c11-6-1-2-10-5(3-6)4-7(9-10)8(12)13/h1-4,9H,(H,12,13). The lowest BCUT2D eigenvalue weighted by atomic mass is 10.3. The van der Waals surface area contributed by atoms with Crippen molar-refractivity contribution in [1.82, 2.24) is 9.61 Å². The van der Waals surface area contributed by atoms with Crippen LogP contribution in [0.15, 0.2) is 29.2 Å². The SMILES string of the molecule is O=C(O)c1cc2cc(=O)ccn2[nH]1. The number of aromatic amines is 1. The van der Waals surface area contributed by atoms with Gasteiger partial charge < -0.3 is 5.11 Å². The van der Waals surface area contributed by atoms with Crippen molar-refractivity contribution in [2.45, 2.75) is 0 Å². The van der Waals surface area contributed by atoms with Crippen molar-refractivity contribution in [3.8, 4) is 0 Å². The van der Waals surface area contributed by atoms with Crippen molar-refractivity contribution in [2.75, 3.05) is 0 Å². The Bertz CT molecular complexity index is 523. The molecule has 0 aromatic carbocycles. The molecule has 2 aromatic heterocycles. The van der Waals surface area contributed by atoms with Crippen LogP contribution in [0.5, 0.6) is 0 Å². The average molecular weight is 178 g/mol. The quantitative estimate of drug-likeness (QED) is 0.660. The number of aromatic carboxylic acids is 1. The molecular weight excluding hydrogens is 172 g/mol. The number of nitrogens with one attached hydrogen (secondary N) is 1. The molecule has 66 valence electrons. The maximum Gasteiger partial charge on any atom is 0.353 e. The number of carboxylic acid groups (broad SMARTS) is 1. The zero-order valence-corrected chi connectivity index (χ0v) is 6.52. The van der Waals surface area contributed by atoms with Crippen molar-refractivity contribution in [3.05, 3.63) is 40.3 Å². The largest absolute Gasteiger partial charge is 0.477 e. The summed E-state index contributed by atoms with van der Waals surface area (Å²) < 4.78 is 1.48. The van der Waals surface area contributed by atoms with E-state index in [1.165, 1.54) is 28.9 Å². The van der Waals surface area contributed by atoms with E-state index in [1.807, 2.05) is 0 Å². The van der Waals surface area contributed by atoms with Gasteiger partial charge in [0, 0.05) is 18.3 Å². The minimum absolute atomic E-state index is 0.0607. The number of carbonyl (C=O) groups is 1. The molecule has 0 radical (unpaired) electrons. The molecule has 2 aromatic rings. The molecule has 0 aliphatic rings. The summed E-state index contributed by atoms with van der Waals surface area (Å²) in [5, 5.41) is 11.2. The van der Waals surface area contributed by atoms with Gasteiger partial charge in [-0.15, -0.1) is 0 Å². The van der Waals surface area contributed by atoms with Crippen LogP contribution in [-0.2, 0) is 0 Å². The lowest BCUT2D eigenvalue weighted by Gasteiger charge is -1.89. The van der Waals surface area contributed by atoms with E-state index in [4.69, 9.17) is 5.11 Å². The fraction of sp³-hybridized carbons (Fsp3) is 0. The van der Waals surface area contributed by atoms with Crippen LogP contribution in [0.1, 0.15) is 10.5 Å². The summed E-state index contributed by atoms with van der Waals surface area (Å²) in [5.74, 6) is -1.05. The van der Waals surface area contributed by atoms with Crippen LogP contribution in [0.3, 0.4) is 0 Å². The van der Waals surface area contributed by atoms with Crippen LogP contribution in [0.4, 0.5) is 0 Å². The van der Waals surface area contributed by atoms with E-state index in [2.05, 4.69) is 5.10 Å². The van der Waals surface area contributed by atoms with Crippen LogP contribution in [-0.4, -0.2) is 20.7 Å². The predicted octanol–water partition coefficient (Wildman–Crippen LogP) is 0.326. The molecular formula is C8H6N2O3. The van der Waals surface area contributed by atoms with E-state index < -0.39 is 5.97 Å². The maximum atomic E-state index is 10.9. The van der Waals surface area contributed by atoms with Gasteiger partial charge in [0.05, 0.1) is 5.52 Å². The van der Waals surface area contributed by atoms with Gasteiger partial charge in [-0.25, -0.2) is 4.79 Å². The molecule has 0 unspecified atom stereocenters. The molecule has 2 heterocycles. The van der Waals surface area contributed by atoms with Crippen molar-refractivity contribution in [3.63, 3.8) is 0 Å². The topological polar surface area (TPSA) is 74.6 Å². The molecule has 0 atom stereocenters. The van der Waals surface area contributed by atoms with Gasteiger partial charge >= 0.3 is 5.97 Å². The number of H-pyrrole nitrogens is 1. The summed E-state index contributed by atoms with van der Waals surface area (Å²) in [6, 6.07) is 4.13. The predicted molar refractivity (Wildman–Crippen MR) is 45.0 cm³/mol. The molecule has 5 heteroatoms. The highest BCUT2D eigenvalue weighted by Crippen LogP contribution is 2.02. The molecule has 0 saturated carbocycles. The highest BCUT2D eigenvalue weighted by molar-refractivity contribution is 5.86. The third-order valence-electron chi connectivity index (χ3n) is 1.72. The minimum Gasteiger partial charge on any atom is -0.477 e. The van der Waals surface area contributed by atoms with Crippen LogP contribution in [0.2, 0.25) is 0 Å². The first-order chi connectivity index (χ1) is 6.16. The molecule has 0 spiro atoms. The van der Waals surface area contributed by atoms with Gasteiger partial charge in [0.25, 0.3) is 0 Å². The number of fused-ring (bicyclic) bond motifs is 1. The third-order valence-corrected chi connectivity index (χ3v) is 1.72. The summed E-state index contributed by atoms with van der Waals surface area (Å²) in [5.41, 5.74) is 0.464. The van der Waals surface area contributed by atoms with Gasteiger partial charge in [-0.2, -0.15) is 0 Å². The van der Waals surface area contributed by atoms with Crippen molar-refractivity contribution in [1.29, 1.82) is 0 Å². The van der Waals surface area contributed by atoms with Crippen LogP contribution in [0, 0.1) is 0 Å². The van der Waals surface area contributed by atoms with Crippen LogP contribution >= 0.6 is 0 Å². The number of rotatable bonds is 1. The molecule has 0 bridgehead atoms.